The summed E-state index contributed by atoms with van der Waals surface area (Å²) < 4.78 is 16.9. The fourth-order valence-electron chi connectivity index (χ4n) is 9.52. The first-order chi connectivity index (χ1) is 39.0. The van der Waals surface area contributed by atoms with E-state index in [1.54, 1.807) is 0 Å². The van der Waals surface area contributed by atoms with E-state index >= 15 is 0 Å². The molecular formula is C73H126O6. The lowest BCUT2D eigenvalue weighted by Gasteiger charge is -2.18. The molecular weight excluding hydrogens is 973 g/mol. The van der Waals surface area contributed by atoms with Crippen molar-refractivity contribution in [1.29, 1.82) is 0 Å². The van der Waals surface area contributed by atoms with Crippen LogP contribution < -0.4 is 0 Å². The summed E-state index contributed by atoms with van der Waals surface area (Å²) in [6.45, 7) is 6.45. The number of ether oxygens (including phenoxy) is 3. The molecule has 0 saturated heterocycles. The maximum atomic E-state index is 12.9. The van der Waals surface area contributed by atoms with E-state index in [9.17, 15) is 14.4 Å². The quantitative estimate of drug-likeness (QED) is 0.0261. The van der Waals surface area contributed by atoms with Crippen LogP contribution in [0.4, 0.5) is 0 Å². The first kappa shape index (κ1) is 75.3. The summed E-state index contributed by atoms with van der Waals surface area (Å²) in [5.41, 5.74) is 0. The summed E-state index contributed by atoms with van der Waals surface area (Å²) in [6, 6.07) is 0. The van der Waals surface area contributed by atoms with Gasteiger partial charge in [0.1, 0.15) is 13.2 Å². The van der Waals surface area contributed by atoms with Crippen LogP contribution >= 0.6 is 0 Å². The Morgan fingerprint density at radius 2 is 0.519 bits per heavy atom. The van der Waals surface area contributed by atoms with Gasteiger partial charge in [0.25, 0.3) is 0 Å². The van der Waals surface area contributed by atoms with E-state index < -0.39 is 6.10 Å². The van der Waals surface area contributed by atoms with Crippen molar-refractivity contribution in [3.8, 4) is 0 Å². The van der Waals surface area contributed by atoms with E-state index in [1.807, 2.05) is 6.08 Å². The molecule has 6 nitrogen and oxygen atoms in total. The Balaban J connectivity index is 4.27. The lowest BCUT2D eigenvalue weighted by molar-refractivity contribution is -0.166. The normalized spacial score (nSPS) is 12.7. The van der Waals surface area contributed by atoms with Crippen LogP contribution in [-0.4, -0.2) is 37.2 Å². The molecule has 0 fully saturated rings. The van der Waals surface area contributed by atoms with Gasteiger partial charge < -0.3 is 14.2 Å². The van der Waals surface area contributed by atoms with Crippen LogP contribution in [-0.2, 0) is 28.6 Å². The van der Waals surface area contributed by atoms with Crippen molar-refractivity contribution in [1.82, 2.24) is 0 Å². The van der Waals surface area contributed by atoms with E-state index in [0.717, 1.165) is 77.0 Å². The van der Waals surface area contributed by atoms with Crippen LogP contribution in [0.2, 0.25) is 0 Å². The highest BCUT2D eigenvalue weighted by Gasteiger charge is 2.19. The number of allylic oxidation sites excluding steroid dienone is 16. The summed E-state index contributed by atoms with van der Waals surface area (Å²) in [7, 11) is 0. The number of hydrogen-bond donors (Lipinski definition) is 0. The van der Waals surface area contributed by atoms with Gasteiger partial charge in [0.15, 0.2) is 6.10 Å². The minimum absolute atomic E-state index is 0.0994. The summed E-state index contributed by atoms with van der Waals surface area (Å²) in [5, 5.41) is 0. The molecule has 0 rings (SSSR count). The van der Waals surface area contributed by atoms with Crippen LogP contribution in [0.25, 0.3) is 0 Å². The third-order valence-electron chi connectivity index (χ3n) is 14.6. The Kier molecular flexibility index (Phi) is 63.7. The highest BCUT2D eigenvalue weighted by atomic mass is 16.6. The number of rotatable bonds is 61. The fourth-order valence-corrected chi connectivity index (χ4v) is 9.52. The molecule has 1 atom stereocenters. The van der Waals surface area contributed by atoms with Crippen molar-refractivity contribution in [2.24, 2.45) is 0 Å². The second-order valence-corrected chi connectivity index (χ2v) is 22.3. The van der Waals surface area contributed by atoms with E-state index in [0.29, 0.717) is 19.3 Å². The van der Waals surface area contributed by atoms with E-state index in [4.69, 9.17) is 14.2 Å². The molecule has 0 N–H and O–H groups in total. The highest BCUT2D eigenvalue weighted by molar-refractivity contribution is 5.71. The molecule has 0 bridgehead atoms. The number of unbranched alkanes of at least 4 members (excludes halogenated alkanes) is 34. The third-order valence-corrected chi connectivity index (χ3v) is 14.6. The van der Waals surface area contributed by atoms with Gasteiger partial charge in [0.05, 0.1) is 0 Å². The zero-order valence-corrected chi connectivity index (χ0v) is 52.1. The van der Waals surface area contributed by atoms with Crippen LogP contribution in [0.15, 0.2) is 97.2 Å². The molecule has 6 heteroatoms. The Bertz CT molecular complexity index is 1540. The summed E-state index contributed by atoms with van der Waals surface area (Å²) >= 11 is 0. The second-order valence-electron chi connectivity index (χ2n) is 22.3. The predicted molar refractivity (Wildman–Crippen MR) is 344 cm³/mol. The molecule has 0 aromatic rings. The number of carbonyl (C=O) groups is 3. The average Bonchev–Trinajstić information content (AvgIpc) is 3.45. The first-order valence-electron chi connectivity index (χ1n) is 33.7. The van der Waals surface area contributed by atoms with Gasteiger partial charge in [-0.25, -0.2) is 0 Å². The number of esters is 3. The number of carbonyl (C=O) groups excluding carboxylic acids is 3. The van der Waals surface area contributed by atoms with Gasteiger partial charge in [0.2, 0.25) is 0 Å². The molecule has 0 heterocycles. The molecule has 0 aliphatic heterocycles. The standard InChI is InChI=1S/C73H126O6/c1-4-7-10-13-16-19-22-25-27-29-31-32-33-34-35-36-37-38-39-40-42-43-45-48-51-54-57-60-63-66-72(75)78-69-70(68-77-71(74)65-62-59-56-53-50-47-24-21-18-15-12-9-6-3)79-73(76)67-64-61-58-55-52-49-46-44-41-30-28-26-23-20-17-14-11-8-5-2/h9,12,17-18,20-22,25-26,28-29,31,47,50,56,59,70H,4-8,10-11,13-16,19,23-24,27,30,32-46,48-49,51-55,57-58,60-69H2,1-3H3/b12-9-,20-17-,21-18-,25-22-,28-26-,31-29-,50-47-,59-56-. The first-order valence-corrected chi connectivity index (χ1v) is 33.7. The molecule has 0 amide bonds. The van der Waals surface area contributed by atoms with E-state index in [-0.39, 0.29) is 37.5 Å². The maximum absolute atomic E-state index is 12.9. The minimum Gasteiger partial charge on any atom is -0.462 e. The summed E-state index contributed by atoms with van der Waals surface area (Å²) in [4.78, 5) is 38.3. The van der Waals surface area contributed by atoms with Crippen molar-refractivity contribution in [2.75, 3.05) is 13.2 Å². The molecule has 0 radical (unpaired) electrons. The number of hydrogen-bond acceptors (Lipinski definition) is 6. The Morgan fingerprint density at radius 1 is 0.266 bits per heavy atom. The largest absolute Gasteiger partial charge is 0.462 e. The smallest absolute Gasteiger partial charge is 0.306 e. The SMILES string of the molecule is CC/C=C\C/C=C\C/C=C\C/C=C\CCC(=O)OCC(COC(=O)CCCCCCCCCCCCCCCCCCC/C=C\C/C=C\CCCCCCC)OC(=O)CCCCCCCCCCC/C=C\C/C=C\CCCCC. The molecule has 0 aromatic carbocycles. The van der Waals surface area contributed by atoms with Gasteiger partial charge in [-0.15, -0.1) is 0 Å². The average molecular weight is 1100 g/mol. The lowest BCUT2D eigenvalue weighted by atomic mass is 10.0. The van der Waals surface area contributed by atoms with Crippen LogP contribution in [0.1, 0.15) is 329 Å². The van der Waals surface area contributed by atoms with Crippen LogP contribution in [0, 0.1) is 0 Å². The topological polar surface area (TPSA) is 78.9 Å². The van der Waals surface area contributed by atoms with Crippen LogP contribution in [0.3, 0.4) is 0 Å². The lowest BCUT2D eigenvalue weighted by Crippen LogP contribution is -2.30. The van der Waals surface area contributed by atoms with Gasteiger partial charge in [-0.2, -0.15) is 0 Å². The van der Waals surface area contributed by atoms with Gasteiger partial charge >= 0.3 is 17.9 Å². The predicted octanol–water partition coefficient (Wildman–Crippen LogP) is 23.2. The highest BCUT2D eigenvalue weighted by Crippen LogP contribution is 2.17. The van der Waals surface area contributed by atoms with Gasteiger partial charge in [0, 0.05) is 19.3 Å². The second kappa shape index (κ2) is 66.8. The Labute approximate surface area is 489 Å². The molecule has 0 aliphatic carbocycles. The minimum atomic E-state index is -0.809. The Morgan fingerprint density at radius 3 is 0.873 bits per heavy atom. The summed E-state index contributed by atoms with van der Waals surface area (Å²) in [6.07, 6.45) is 90.2. The molecule has 0 spiro atoms. The van der Waals surface area contributed by atoms with Gasteiger partial charge in [-0.3, -0.25) is 14.4 Å². The summed E-state index contributed by atoms with van der Waals surface area (Å²) in [5.74, 6) is -0.977. The van der Waals surface area contributed by atoms with E-state index in [2.05, 4.69) is 112 Å². The van der Waals surface area contributed by atoms with E-state index in [1.165, 1.54) is 205 Å². The molecule has 1 unspecified atom stereocenters. The van der Waals surface area contributed by atoms with Gasteiger partial charge in [-0.1, -0.05) is 298 Å². The zero-order valence-electron chi connectivity index (χ0n) is 52.1. The van der Waals surface area contributed by atoms with Crippen molar-refractivity contribution < 1.29 is 28.6 Å². The third kappa shape index (κ3) is 65.0. The van der Waals surface area contributed by atoms with Crippen molar-refractivity contribution >= 4 is 17.9 Å². The monoisotopic (exact) mass is 1100 g/mol. The maximum Gasteiger partial charge on any atom is 0.306 e. The Hall–Kier alpha value is -3.67. The van der Waals surface area contributed by atoms with Gasteiger partial charge in [-0.05, 0) is 109 Å². The molecule has 79 heavy (non-hydrogen) atoms. The zero-order chi connectivity index (χ0) is 57.1. The fraction of sp³-hybridized carbons (Fsp3) is 0.740. The van der Waals surface area contributed by atoms with Crippen molar-refractivity contribution in [3.05, 3.63) is 97.2 Å². The van der Waals surface area contributed by atoms with Crippen molar-refractivity contribution in [3.63, 3.8) is 0 Å². The molecule has 0 aromatic heterocycles. The molecule has 0 saturated carbocycles. The van der Waals surface area contributed by atoms with Crippen LogP contribution in [0.5, 0.6) is 0 Å². The molecule has 0 aliphatic rings. The van der Waals surface area contributed by atoms with Crippen molar-refractivity contribution in [2.45, 2.75) is 335 Å². The molecule has 454 valence electrons.